The molecule has 2 aliphatic rings. The summed E-state index contributed by atoms with van der Waals surface area (Å²) in [5.74, 6) is 0. The fourth-order valence-corrected chi connectivity index (χ4v) is 3.02. The van der Waals surface area contributed by atoms with Gasteiger partial charge in [-0.25, -0.2) is 15.0 Å². The van der Waals surface area contributed by atoms with Crippen LogP contribution in [0.25, 0.3) is 0 Å². The Bertz CT molecular complexity index is 688. The van der Waals surface area contributed by atoms with Crippen LogP contribution in [0.3, 0.4) is 0 Å². The zero-order valence-corrected chi connectivity index (χ0v) is 11.4. The normalized spacial score (nSPS) is 20.5. The van der Waals surface area contributed by atoms with E-state index < -0.39 is 4.92 Å². The molecule has 2 heterocycles. The summed E-state index contributed by atoms with van der Waals surface area (Å²) in [4.78, 5) is 18.5. The summed E-state index contributed by atoms with van der Waals surface area (Å²) in [5.41, 5.74) is 0.996. The highest BCUT2D eigenvalue weighted by molar-refractivity contribution is 8.15. The van der Waals surface area contributed by atoms with Crippen molar-refractivity contribution in [2.24, 2.45) is 9.98 Å². The van der Waals surface area contributed by atoms with Gasteiger partial charge in [-0.05, 0) is 6.07 Å². The summed E-state index contributed by atoms with van der Waals surface area (Å²) >= 11 is 7.06. The number of benzene rings is 1. The van der Waals surface area contributed by atoms with Crippen LogP contribution in [0.5, 0.6) is 0 Å². The van der Waals surface area contributed by atoms with E-state index in [1.165, 1.54) is 30.2 Å². The van der Waals surface area contributed by atoms with E-state index in [1.54, 1.807) is 12.3 Å². The van der Waals surface area contributed by atoms with Gasteiger partial charge in [-0.3, -0.25) is 15.3 Å². The van der Waals surface area contributed by atoms with Crippen molar-refractivity contribution in [2.45, 2.75) is 5.37 Å². The van der Waals surface area contributed by atoms with Crippen molar-refractivity contribution < 1.29 is 10.1 Å². The van der Waals surface area contributed by atoms with Gasteiger partial charge in [-0.2, -0.15) is 0 Å². The van der Waals surface area contributed by atoms with E-state index in [0.29, 0.717) is 16.3 Å². The Morgan fingerprint density at radius 1 is 1.50 bits per heavy atom. The van der Waals surface area contributed by atoms with Crippen LogP contribution in [0.15, 0.2) is 40.1 Å². The number of hydroxylamine groups is 2. The standard InChI is InChI=1S/C11H7ClN4O3S/c12-7-2-1-6(3-9(7)16(18)19)10-14-8-4-13-5-15(17)11(8)20-10/h1-5,11,17H. The summed E-state index contributed by atoms with van der Waals surface area (Å²) in [6, 6.07) is 4.48. The Balaban J connectivity index is 1.98. The summed E-state index contributed by atoms with van der Waals surface area (Å²) in [6.07, 6.45) is 2.83. The minimum absolute atomic E-state index is 0.0751. The molecule has 3 rings (SSSR count). The number of nitro benzene ring substituents is 1. The van der Waals surface area contributed by atoms with Gasteiger partial charge in [-0.1, -0.05) is 29.4 Å². The molecule has 1 aromatic carbocycles. The molecule has 1 N–H and O–H groups in total. The third kappa shape index (κ3) is 2.17. The molecule has 1 unspecified atom stereocenters. The molecule has 102 valence electrons. The van der Waals surface area contributed by atoms with Gasteiger partial charge in [0, 0.05) is 11.6 Å². The number of thioether (sulfide) groups is 1. The zero-order chi connectivity index (χ0) is 14.3. The highest BCUT2D eigenvalue weighted by Gasteiger charge is 2.32. The molecule has 0 aromatic heterocycles. The molecule has 0 radical (unpaired) electrons. The Labute approximate surface area is 122 Å². The molecular formula is C11H7ClN4O3S. The molecule has 0 spiro atoms. The molecule has 9 heteroatoms. The smallest absolute Gasteiger partial charge is 0.286 e. The molecule has 0 fully saturated rings. The fraction of sp³-hybridized carbons (Fsp3) is 0.0909. The van der Waals surface area contributed by atoms with Crippen molar-refractivity contribution in [1.29, 1.82) is 0 Å². The first-order chi connectivity index (χ1) is 9.56. The predicted molar refractivity (Wildman–Crippen MR) is 76.2 cm³/mol. The van der Waals surface area contributed by atoms with Crippen LogP contribution in [-0.4, -0.2) is 31.9 Å². The van der Waals surface area contributed by atoms with E-state index in [1.807, 2.05) is 0 Å². The minimum atomic E-state index is -0.542. The van der Waals surface area contributed by atoms with Crippen LogP contribution in [0.2, 0.25) is 5.02 Å². The Morgan fingerprint density at radius 2 is 2.30 bits per heavy atom. The first kappa shape index (κ1) is 13.1. The van der Waals surface area contributed by atoms with Gasteiger partial charge in [-0.15, -0.1) is 0 Å². The Kier molecular flexibility index (Phi) is 3.20. The number of nitrogens with zero attached hydrogens (tertiary/aromatic N) is 4. The minimum Gasteiger partial charge on any atom is -0.286 e. The first-order valence-corrected chi connectivity index (χ1v) is 6.72. The molecule has 20 heavy (non-hydrogen) atoms. The monoisotopic (exact) mass is 310 g/mol. The van der Waals surface area contributed by atoms with Crippen LogP contribution >= 0.6 is 23.4 Å². The van der Waals surface area contributed by atoms with Crippen LogP contribution in [0, 0.1) is 10.1 Å². The molecule has 0 aliphatic carbocycles. The van der Waals surface area contributed by atoms with Gasteiger partial charge in [0.2, 0.25) is 0 Å². The average molecular weight is 311 g/mol. The average Bonchev–Trinajstić information content (AvgIpc) is 2.84. The Morgan fingerprint density at radius 3 is 3.00 bits per heavy atom. The molecule has 2 aliphatic heterocycles. The molecule has 0 bridgehead atoms. The maximum absolute atomic E-state index is 10.9. The number of aliphatic imine (C=N–C) groups is 2. The first-order valence-electron chi connectivity index (χ1n) is 5.46. The van der Waals surface area contributed by atoms with Crippen LogP contribution < -0.4 is 0 Å². The second kappa shape index (κ2) is 4.89. The SMILES string of the molecule is O=[N+]([O-])c1cc(C2=NC3=CN=CN(O)C3S2)ccc1Cl. The van der Waals surface area contributed by atoms with Gasteiger partial charge < -0.3 is 0 Å². The lowest BCUT2D eigenvalue weighted by Crippen LogP contribution is -2.29. The molecule has 1 atom stereocenters. The topological polar surface area (TPSA) is 91.3 Å². The molecule has 0 amide bonds. The quantitative estimate of drug-likeness (QED) is 0.669. The maximum Gasteiger partial charge on any atom is 0.288 e. The largest absolute Gasteiger partial charge is 0.288 e. The van der Waals surface area contributed by atoms with E-state index in [4.69, 9.17) is 11.6 Å². The van der Waals surface area contributed by atoms with Crippen molar-refractivity contribution in [3.05, 3.63) is 50.8 Å². The molecule has 0 saturated carbocycles. The summed E-state index contributed by atoms with van der Waals surface area (Å²) in [5, 5.41) is 21.8. The molecular weight excluding hydrogens is 304 g/mol. The van der Waals surface area contributed by atoms with Gasteiger partial charge in [0.05, 0.1) is 16.8 Å². The Hall–Kier alpha value is -1.90. The lowest BCUT2D eigenvalue weighted by atomic mass is 10.2. The van der Waals surface area contributed by atoms with Crippen molar-refractivity contribution in [2.75, 3.05) is 0 Å². The number of hydrogen-bond donors (Lipinski definition) is 1. The number of hydrogen-bond acceptors (Lipinski definition) is 7. The number of fused-ring (bicyclic) bond motifs is 1. The van der Waals surface area contributed by atoms with Gasteiger partial charge in [0.15, 0.2) is 5.37 Å². The summed E-state index contributed by atoms with van der Waals surface area (Å²) < 4.78 is 0. The lowest BCUT2D eigenvalue weighted by Gasteiger charge is -2.20. The van der Waals surface area contributed by atoms with E-state index >= 15 is 0 Å². The third-order valence-electron chi connectivity index (χ3n) is 2.73. The van der Waals surface area contributed by atoms with Crippen molar-refractivity contribution in [3.8, 4) is 0 Å². The van der Waals surface area contributed by atoms with Gasteiger partial charge >= 0.3 is 0 Å². The van der Waals surface area contributed by atoms with E-state index in [2.05, 4.69) is 9.98 Å². The van der Waals surface area contributed by atoms with E-state index in [0.717, 1.165) is 5.06 Å². The van der Waals surface area contributed by atoms with E-state index in [9.17, 15) is 15.3 Å². The fourth-order valence-electron chi connectivity index (χ4n) is 1.80. The van der Waals surface area contributed by atoms with Crippen LogP contribution in [0.4, 0.5) is 5.69 Å². The third-order valence-corrected chi connectivity index (χ3v) is 4.28. The highest BCUT2D eigenvalue weighted by Crippen LogP contribution is 2.37. The maximum atomic E-state index is 10.9. The number of nitro groups is 1. The molecule has 7 nitrogen and oxygen atoms in total. The molecule has 1 aromatic rings. The zero-order valence-electron chi connectivity index (χ0n) is 9.80. The lowest BCUT2D eigenvalue weighted by molar-refractivity contribution is -0.384. The second-order valence-corrected chi connectivity index (χ2v) is 5.49. The second-order valence-electron chi connectivity index (χ2n) is 4.01. The van der Waals surface area contributed by atoms with Gasteiger partial charge in [0.1, 0.15) is 16.4 Å². The number of rotatable bonds is 2. The highest BCUT2D eigenvalue weighted by atomic mass is 35.5. The summed E-state index contributed by atoms with van der Waals surface area (Å²) in [7, 11) is 0. The van der Waals surface area contributed by atoms with Crippen molar-refractivity contribution >= 4 is 40.4 Å². The van der Waals surface area contributed by atoms with Crippen LogP contribution in [0.1, 0.15) is 5.56 Å². The number of halogens is 1. The van der Waals surface area contributed by atoms with Crippen molar-refractivity contribution in [1.82, 2.24) is 5.06 Å². The van der Waals surface area contributed by atoms with Crippen molar-refractivity contribution in [3.63, 3.8) is 0 Å². The predicted octanol–water partition coefficient (Wildman–Crippen LogP) is 2.64. The van der Waals surface area contributed by atoms with E-state index in [-0.39, 0.29) is 16.1 Å². The van der Waals surface area contributed by atoms with Gasteiger partial charge in [0.25, 0.3) is 5.69 Å². The molecule has 0 saturated heterocycles. The summed E-state index contributed by atoms with van der Waals surface area (Å²) in [6.45, 7) is 0. The van der Waals surface area contributed by atoms with Crippen LogP contribution in [-0.2, 0) is 0 Å².